The highest BCUT2D eigenvalue weighted by Crippen LogP contribution is 2.10. The number of rotatable bonds is 12. The number of benzene rings is 1. The molecule has 1 aromatic rings. The van der Waals surface area contributed by atoms with E-state index >= 15 is 0 Å². The molecule has 0 aromatic heterocycles. The first kappa shape index (κ1) is 22.1. The van der Waals surface area contributed by atoms with E-state index in [4.69, 9.17) is 14.2 Å². The Balaban J connectivity index is 2.33. The highest BCUT2D eigenvalue weighted by molar-refractivity contribution is 5.81. The van der Waals surface area contributed by atoms with E-state index in [2.05, 4.69) is 19.2 Å². The van der Waals surface area contributed by atoms with Crippen LogP contribution in [0.5, 0.6) is 0 Å². The second kappa shape index (κ2) is 12.4. The van der Waals surface area contributed by atoms with E-state index in [0.29, 0.717) is 32.3 Å². The molecule has 0 heterocycles. The lowest BCUT2D eigenvalue weighted by atomic mass is 10.1. The van der Waals surface area contributed by atoms with E-state index in [1.54, 1.807) is 6.92 Å². The summed E-state index contributed by atoms with van der Waals surface area (Å²) in [5.41, 5.74) is 2.00. The Morgan fingerprint density at radius 2 is 1.81 bits per heavy atom. The Kier molecular flexibility index (Phi) is 10.6. The lowest BCUT2D eigenvalue weighted by Crippen LogP contribution is -2.32. The molecule has 1 aromatic carbocycles. The summed E-state index contributed by atoms with van der Waals surface area (Å²) in [6.45, 7) is 9.42. The van der Waals surface area contributed by atoms with Crippen molar-refractivity contribution in [1.29, 1.82) is 0 Å². The minimum atomic E-state index is -0.673. The lowest BCUT2D eigenvalue weighted by Gasteiger charge is -2.14. The highest BCUT2D eigenvalue weighted by Gasteiger charge is 2.16. The standard InChI is InChI=1S/C20H31NO5/c1-5-24-13-18-9-7-6-8-17(18)12-21-19(22)14-26-20(23)16(4)25-11-10-15(2)3/h6-9,15-16H,5,10-14H2,1-4H3,(H,21,22). The van der Waals surface area contributed by atoms with Crippen molar-refractivity contribution >= 4 is 11.9 Å². The molecule has 0 fully saturated rings. The molecule has 1 rings (SSSR count). The van der Waals surface area contributed by atoms with Crippen molar-refractivity contribution in [1.82, 2.24) is 5.32 Å². The number of hydrogen-bond donors (Lipinski definition) is 1. The average Bonchev–Trinajstić information content (AvgIpc) is 2.62. The van der Waals surface area contributed by atoms with Gasteiger partial charge in [-0.3, -0.25) is 4.79 Å². The number of hydrogen-bond acceptors (Lipinski definition) is 5. The summed E-state index contributed by atoms with van der Waals surface area (Å²) in [6, 6.07) is 7.74. The fourth-order valence-corrected chi connectivity index (χ4v) is 2.13. The van der Waals surface area contributed by atoms with Gasteiger partial charge in [-0.25, -0.2) is 4.79 Å². The zero-order valence-electron chi connectivity index (χ0n) is 16.2. The van der Waals surface area contributed by atoms with E-state index in [9.17, 15) is 9.59 Å². The quantitative estimate of drug-likeness (QED) is 0.577. The molecule has 0 spiro atoms. The van der Waals surface area contributed by atoms with E-state index in [1.165, 1.54) is 0 Å². The predicted molar refractivity (Wildman–Crippen MR) is 99.4 cm³/mol. The molecule has 0 radical (unpaired) electrons. The molecule has 0 bridgehead atoms. The molecule has 0 aliphatic rings. The summed E-state index contributed by atoms with van der Waals surface area (Å²) in [7, 11) is 0. The Morgan fingerprint density at radius 1 is 1.12 bits per heavy atom. The molecular weight excluding hydrogens is 334 g/mol. The van der Waals surface area contributed by atoms with Gasteiger partial charge in [0, 0.05) is 19.8 Å². The van der Waals surface area contributed by atoms with Crippen molar-refractivity contribution < 1.29 is 23.8 Å². The van der Waals surface area contributed by atoms with Crippen LogP contribution in [0.2, 0.25) is 0 Å². The minimum Gasteiger partial charge on any atom is -0.454 e. The van der Waals surface area contributed by atoms with Gasteiger partial charge < -0.3 is 19.5 Å². The van der Waals surface area contributed by atoms with Crippen molar-refractivity contribution in [2.45, 2.75) is 53.4 Å². The average molecular weight is 365 g/mol. The number of esters is 1. The first-order valence-corrected chi connectivity index (χ1v) is 9.13. The topological polar surface area (TPSA) is 73.9 Å². The fraction of sp³-hybridized carbons (Fsp3) is 0.600. The first-order chi connectivity index (χ1) is 12.4. The Labute approximate surface area is 156 Å². The highest BCUT2D eigenvalue weighted by atomic mass is 16.6. The molecule has 0 saturated carbocycles. The zero-order valence-corrected chi connectivity index (χ0v) is 16.2. The third kappa shape index (κ3) is 8.97. The van der Waals surface area contributed by atoms with Crippen LogP contribution >= 0.6 is 0 Å². The summed E-state index contributed by atoms with van der Waals surface area (Å²) in [5.74, 6) is -0.366. The summed E-state index contributed by atoms with van der Waals surface area (Å²) >= 11 is 0. The van der Waals surface area contributed by atoms with Crippen molar-refractivity contribution in [3.8, 4) is 0 Å². The van der Waals surface area contributed by atoms with Crippen LogP contribution in [0.25, 0.3) is 0 Å². The predicted octanol–water partition coefficient (Wildman–Crippen LogP) is 2.83. The van der Waals surface area contributed by atoms with Crippen molar-refractivity contribution in [2.24, 2.45) is 5.92 Å². The second-order valence-electron chi connectivity index (χ2n) is 6.49. The SMILES string of the molecule is CCOCc1ccccc1CNC(=O)COC(=O)C(C)OCCC(C)C. The van der Waals surface area contributed by atoms with Gasteiger partial charge in [-0.1, -0.05) is 38.1 Å². The van der Waals surface area contributed by atoms with E-state index in [0.717, 1.165) is 17.5 Å². The Bertz CT molecular complexity index is 559. The lowest BCUT2D eigenvalue weighted by molar-refractivity contribution is -0.159. The molecule has 1 N–H and O–H groups in total. The molecule has 0 saturated heterocycles. The van der Waals surface area contributed by atoms with Gasteiger partial charge in [0.1, 0.15) is 0 Å². The van der Waals surface area contributed by atoms with Crippen LogP contribution in [0.1, 0.15) is 45.2 Å². The molecule has 6 heteroatoms. The van der Waals surface area contributed by atoms with Crippen LogP contribution in [0.15, 0.2) is 24.3 Å². The number of carbonyl (C=O) groups is 2. The van der Waals surface area contributed by atoms with Crippen molar-refractivity contribution in [3.63, 3.8) is 0 Å². The number of amides is 1. The first-order valence-electron chi connectivity index (χ1n) is 9.13. The molecule has 1 atom stereocenters. The van der Waals surface area contributed by atoms with Gasteiger partial charge >= 0.3 is 5.97 Å². The fourth-order valence-electron chi connectivity index (χ4n) is 2.13. The molecule has 1 unspecified atom stereocenters. The van der Waals surface area contributed by atoms with Crippen LogP contribution in [-0.4, -0.2) is 37.8 Å². The molecular formula is C20H31NO5. The van der Waals surface area contributed by atoms with Gasteiger partial charge in [0.15, 0.2) is 12.7 Å². The monoisotopic (exact) mass is 365 g/mol. The molecule has 146 valence electrons. The van der Waals surface area contributed by atoms with Crippen LogP contribution < -0.4 is 5.32 Å². The normalized spacial score (nSPS) is 12.0. The van der Waals surface area contributed by atoms with Crippen LogP contribution in [0, 0.1) is 5.92 Å². The molecule has 0 aliphatic heterocycles. The summed E-state index contributed by atoms with van der Waals surface area (Å²) in [4.78, 5) is 23.7. The number of ether oxygens (including phenoxy) is 3. The van der Waals surface area contributed by atoms with Crippen LogP contribution in [0.3, 0.4) is 0 Å². The summed E-state index contributed by atoms with van der Waals surface area (Å²) in [5, 5.41) is 2.76. The van der Waals surface area contributed by atoms with Gasteiger partial charge in [-0.2, -0.15) is 0 Å². The van der Waals surface area contributed by atoms with Gasteiger partial charge in [0.25, 0.3) is 5.91 Å². The number of nitrogens with one attached hydrogen (secondary N) is 1. The largest absolute Gasteiger partial charge is 0.454 e. The molecule has 26 heavy (non-hydrogen) atoms. The second-order valence-corrected chi connectivity index (χ2v) is 6.49. The molecule has 0 aliphatic carbocycles. The van der Waals surface area contributed by atoms with Gasteiger partial charge in [0.05, 0.1) is 6.61 Å². The zero-order chi connectivity index (χ0) is 19.4. The van der Waals surface area contributed by atoms with Crippen molar-refractivity contribution in [3.05, 3.63) is 35.4 Å². The van der Waals surface area contributed by atoms with Gasteiger partial charge in [-0.15, -0.1) is 0 Å². The maximum atomic E-state index is 11.9. The van der Waals surface area contributed by atoms with Crippen LogP contribution in [-0.2, 0) is 37.0 Å². The smallest absolute Gasteiger partial charge is 0.335 e. The minimum absolute atomic E-state index is 0.315. The van der Waals surface area contributed by atoms with Crippen molar-refractivity contribution in [2.75, 3.05) is 19.8 Å². The Morgan fingerprint density at radius 3 is 2.46 bits per heavy atom. The summed E-state index contributed by atoms with van der Waals surface area (Å²) < 4.78 is 15.8. The summed E-state index contributed by atoms with van der Waals surface area (Å²) in [6.07, 6.45) is 0.202. The molecule has 6 nitrogen and oxygen atoms in total. The van der Waals surface area contributed by atoms with E-state index in [1.807, 2.05) is 31.2 Å². The molecule has 1 amide bonds. The number of carbonyl (C=O) groups excluding carboxylic acids is 2. The van der Waals surface area contributed by atoms with E-state index in [-0.39, 0.29) is 12.5 Å². The van der Waals surface area contributed by atoms with Crippen LogP contribution in [0.4, 0.5) is 0 Å². The maximum absolute atomic E-state index is 11.9. The maximum Gasteiger partial charge on any atom is 0.335 e. The van der Waals surface area contributed by atoms with Gasteiger partial charge in [0.2, 0.25) is 0 Å². The Hall–Kier alpha value is -1.92. The van der Waals surface area contributed by atoms with E-state index < -0.39 is 12.1 Å². The third-order valence-electron chi connectivity index (χ3n) is 3.80. The third-order valence-corrected chi connectivity index (χ3v) is 3.80. The van der Waals surface area contributed by atoms with Gasteiger partial charge in [-0.05, 0) is 37.3 Å².